The summed E-state index contributed by atoms with van der Waals surface area (Å²) in [5, 5.41) is 3.57. The first-order valence-corrected chi connectivity index (χ1v) is 9.57. The Morgan fingerprint density at radius 3 is 2.32 bits per heavy atom. The minimum absolute atomic E-state index is 0.274. The summed E-state index contributed by atoms with van der Waals surface area (Å²) in [5.74, 6) is 0.610. The molecular formula is C14H28N2O2S. The van der Waals surface area contributed by atoms with Crippen molar-refractivity contribution < 1.29 is 8.42 Å². The molecule has 2 fully saturated rings. The highest BCUT2D eigenvalue weighted by Gasteiger charge is 2.37. The molecule has 0 amide bonds. The van der Waals surface area contributed by atoms with E-state index in [2.05, 4.69) is 17.1 Å². The van der Waals surface area contributed by atoms with E-state index < -0.39 is 9.84 Å². The van der Waals surface area contributed by atoms with Crippen LogP contribution >= 0.6 is 0 Å². The van der Waals surface area contributed by atoms with E-state index in [0.29, 0.717) is 23.9 Å². The fourth-order valence-electron chi connectivity index (χ4n) is 3.69. The van der Waals surface area contributed by atoms with E-state index in [-0.39, 0.29) is 5.75 Å². The van der Waals surface area contributed by atoms with E-state index >= 15 is 0 Å². The fourth-order valence-corrected chi connectivity index (χ4v) is 4.47. The summed E-state index contributed by atoms with van der Waals surface area (Å²) < 4.78 is 23.4. The lowest BCUT2D eigenvalue weighted by atomic mass is 9.82. The minimum atomic E-state index is -2.83. The number of fused-ring (bicyclic) bond motifs is 2. The van der Waals surface area contributed by atoms with Gasteiger partial charge in [-0.3, -0.25) is 4.90 Å². The lowest BCUT2D eigenvalue weighted by Gasteiger charge is -2.49. The van der Waals surface area contributed by atoms with Gasteiger partial charge < -0.3 is 5.32 Å². The van der Waals surface area contributed by atoms with Gasteiger partial charge in [-0.2, -0.15) is 0 Å². The first kappa shape index (κ1) is 15.3. The molecule has 2 unspecified atom stereocenters. The summed E-state index contributed by atoms with van der Waals surface area (Å²) in [6.45, 7) is 5.68. The average molecular weight is 288 g/mol. The molecule has 2 saturated heterocycles. The normalized spacial score (nSPS) is 32.4. The number of hydrogen-bond donors (Lipinski definition) is 1. The second-order valence-corrected chi connectivity index (χ2v) is 8.41. The third kappa shape index (κ3) is 3.92. The zero-order chi connectivity index (χ0) is 13.9. The van der Waals surface area contributed by atoms with Crippen LogP contribution in [0, 0.1) is 0 Å². The average Bonchev–Trinajstić information content (AvgIpc) is 2.36. The van der Waals surface area contributed by atoms with Gasteiger partial charge in [-0.25, -0.2) is 8.42 Å². The molecule has 19 heavy (non-hydrogen) atoms. The molecule has 4 nitrogen and oxygen atoms in total. The fraction of sp³-hybridized carbons (Fsp3) is 1.00. The van der Waals surface area contributed by atoms with E-state index in [9.17, 15) is 8.42 Å². The Morgan fingerprint density at radius 1 is 1.16 bits per heavy atom. The highest BCUT2D eigenvalue weighted by Crippen LogP contribution is 2.33. The van der Waals surface area contributed by atoms with Gasteiger partial charge in [0, 0.05) is 30.4 Å². The third-order valence-electron chi connectivity index (χ3n) is 4.72. The van der Waals surface area contributed by atoms with Crippen LogP contribution in [0.25, 0.3) is 0 Å². The molecule has 2 rings (SSSR count). The quantitative estimate of drug-likeness (QED) is 0.803. The van der Waals surface area contributed by atoms with Crippen molar-refractivity contribution in [3.63, 3.8) is 0 Å². The molecule has 2 bridgehead atoms. The van der Waals surface area contributed by atoms with Crippen molar-refractivity contribution in [3.05, 3.63) is 0 Å². The summed E-state index contributed by atoms with van der Waals surface area (Å²) in [4.78, 5) is 2.49. The Morgan fingerprint density at radius 2 is 1.79 bits per heavy atom. The van der Waals surface area contributed by atoms with Gasteiger partial charge in [-0.15, -0.1) is 0 Å². The number of nitrogens with zero attached hydrogens (tertiary/aromatic N) is 1. The van der Waals surface area contributed by atoms with Crippen molar-refractivity contribution in [1.82, 2.24) is 10.2 Å². The smallest absolute Gasteiger partial charge is 0.151 e. The Balaban J connectivity index is 1.94. The molecule has 1 N–H and O–H groups in total. The molecule has 0 radical (unpaired) electrons. The number of piperidine rings is 2. The second kappa shape index (κ2) is 6.55. The van der Waals surface area contributed by atoms with Crippen LogP contribution in [0.3, 0.4) is 0 Å². The van der Waals surface area contributed by atoms with Crippen LogP contribution in [-0.2, 0) is 9.84 Å². The molecule has 5 heteroatoms. The van der Waals surface area contributed by atoms with Crippen molar-refractivity contribution in [3.8, 4) is 0 Å². The third-order valence-corrected chi connectivity index (χ3v) is 6.40. The van der Waals surface area contributed by atoms with E-state index in [1.807, 2.05) is 0 Å². The van der Waals surface area contributed by atoms with Crippen LogP contribution in [-0.4, -0.2) is 56.0 Å². The maximum atomic E-state index is 11.7. The predicted octanol–water partition coefficient (Wildman–Crippen LogP) is 1.42. The summed E-state index contributed by atoms with van der Waals surface area (Å²) in [5.41, 5.74) is 0. The number of nitrogens with one attached hydrogen (secondary N) is 1. The summed E-state index contributed by atoms with van der Waals surface area (Å²) in [6.07, 6.45) is 6.17. The molecule has 112 valence electrons. The molecular weight excluding hydrogens is 260 g/mol. The first-order chi connectivity index (χ1) is 9.05. The highest BCUT2D eigenvalue weighted by atomic mass is 32.2. The van der Waals surface area contributed by atoms with Crippen molar-refractivity contribution in [2.24, 2.45) is 0 Å². The Kier molecular flexibility index (Phi) is 5.26. The van der Waals surface area contributed by atoms with Crippen LogP contribution in [0.1, 0.15) is 46.0 Å². The maximum absolute atomic E-state index is 11.7. The van der Waals surface area contributed by atoms with Gasteiger partial charge in [0.15, 0.2) is 9.84 Å². The number of rotatable bonds is 6. The molecule has 2 aliphatic rings. The maximum Gasteiger partial charge on any atom is 0.151 e. The summed E-state index contributed by atoms with van der Waals surface area (Å²) in [6, 6.07) is 1.84. The predicted molar refractivity (Wildman–Crippen MR) is 79.2 cm³/mol. The van der Waals surface area contributed by atoms with Crippen LogP contribution in [0.5, 0.6) is 0 Å². The van der Waals surface area contributed by atoms with E-state index in [4.69, 9.17) is 0 Å². The topological polar surface area (TPSA) is 49.4 Å². The zero-order valence-corrected chi connectivity index (χ0v) is 13.1. The van der Waals surface area contributed by atoms with Crippen LogP contribution in [0.4, 0.5) is 0 Å². The first-order valence-electron chi connectivity index (χ1n) is 7.75. The van der Waals surface area contributed by atoms with Gasteiger partial charge in [0.1, 0.15) is 0 Å². The largest absolute Gasteiger partial charge is 0.314 e. The van der Waals surface area contributed by atoms with E-state index in [1.165, 1.54) is 32.1 Å². The Bertz CT molecular complexity index is 369. The molecule has 0 aromatic heterocycles. The Hall–Kier alpha value is -0.130. The SMILES string of the molecule is CCNC1CC2CCCC(C1)N2CCS(=O)(=O)CC. The van der Waals surface area contributed by atoms with Gasteiger partial charge in [0.05, 0.1) is 5.75 Å². The van der Waals surface area contributed by atoms with E-state index in [0.717, 1.165) is 13.1 Å². The van der Waals surface area contributed by atoms with Crippen molar-refractivity contribution in [1.29, 1.82) is 0 Å². The zero-order valence-electron chi connectivity index (χ0n) is 12.3. The van der Waals surface area contributed by atoms with Gasteiger partial charge in [0.25, 0.3) is 0 Å². The Labute approximate surface area is 117 Å². The molecule has 2 atom stereocenters. The lowest BCUT2D eigenvalue weighted by Crippen LogP contribution is -2.57. The second-order valence-electron chi connectivity index (χ2n) is 5.94. The molecule has 0 aromatic carbocycles. The molecule has 2 heterocycles. The van der Waals surface area contributed by atoms with Crippen LogP contribution < -0.4 is 5.32 Å². The van der Waals surface area contributed by atoms with Gasteiger partial charge >= 0.3 is 0 Å². The molecule has 0 spiro atoms. The number of hydrogen-bond acceptors (Lipinski definition) is 4. The highest BCUT2D eigenvalue weighted by molar-refractivity contribution is 7.91. The molecule has 2 aliphatic heterocycles. The van der Waals surface area contributed by atoms with Gasteiger partial charge in [-0.05, 0) is 32.2 Å². The van der Waals surface area contributed by atoms with Crippen molar-refractivity contribution in [2.75, 3.05) is 24.6 Å². The molecule has 0 aliphatic carbocycles. The number of sulfone groups is 1. The van der Waals surface area contributed by atoms with Crippen molar-refractivity contribution >= 4 is 9.84 Å². The van der Waals surface area contributed by atoms with Crippen LogP contribution in [0.2, 0.25) is 0 Å². The molecule has 0 saturated carbocycles. The van der Waals surface area contributed by atoms with Crippen molar-refractivity contribution in [2.45, 2.75) is 64.1 Å². The molecule has 0 aromatic rings. The minimum Gasteiger partial charge on any atom is -0.314 e. The monoisotopic (exact) mass is 288 g/mol. The lowest BCUT2D eigenvalue weighted by molar-refractivity contribution is 0.0304. The van der Waals surface area contributed by atoms with Gasteiger partial charge in [0.2, 0.25) is 0 Å². The van der Waals surface area contributed by atoms with Crippen LogP contribution in [0.15, 0.2) is 0 Å². The summed E-state index contributed by atoms with van der Waals surface area (Å²) in [7, 11) is -2.83. The van der Waals surface area contributed by atoms with Gasteiger partial charge in [-0.1, -0.05) is 20.3 Å². The standard InChI is InChI=1S/C14H28N2O2S/c1-3-15-12-10-13-6-5-7-14(11-12)16(13)8-9-19(17,18)4-2/h12-15H,3-11H2,1-2H3. The van der Waals surface area contributed by atoms with E-state index in [1.54, 1.807) is 6.92 Å². The summed E-state index contributed by atoms with van der Waals surface area (Å²) >= 11 is 0.